The number of nitrogens with zero attached hydrogens (tertiary/aromatic N) is 3. The Morgan fingerprint density at radius 3 is 2.52 bits per heavy atom. The van der Waals surface area contributed by atoms with Crippen molar-refractivity contribution < 1.29 is 14.7 Å². The summed E-state index contributed by atoms with van der Waals surface area (Å²) in [5.74, 6) is -0.795. The fourth-order valence-corrected chi connectivity index (χ4v) is 3.81. The van der Waals surface area contributed by atoms with Gasteiger partial charge in [-0.15, -0.1) is 0 Å². The lowest BCUT2D eigenvalue weighted by atomic mass is 9.92. The van der Waals surface area contributed by atoms with Gasteiger partial charge in [0.25, 0.3) is 5.91 Å². The predicted molar refractivity (Wildman–Crippen MR) is 91.5 cm³/mol. The Morgan fingerprint density at radius 2 is 1.88 bits per heavy atom. The second-order valence-corrected chi connectivity index (χ2v) is 7.06. The lowest BCUT2D eigenvalue weighted by Gasteiger charge is -2.15. The maximum Gasteiger partial charge on any atom is 0.308 e. The first-order valence-electron chi connectivity index (χ1n) is 8.68. The van der Waals surface area contributed by atoms with Crippen LogP contribution in [0.2, 0.25) is 0 Å². The second-order valence-electron chi connectivity index (χ2n) is 7.06. The quantitative estimate of drug-likeness (QED) is 0.928. The Morgan fingerprint density at radius 1 is 1.16 bits per heavy atom. The third-order valence-corrected chi connectivity index (χ3v) is 5.35. The lowest BCUT2D eigenvalue weighted by molar-refractivity contribution is -0.142. The molecule has 2 atom stereocenters. The van der Waals surface area contributed by atoms with E-state index in [1.54, 1.807) is 15.8 Å². The van der Waals surface area contributed by atoms with E-state index >= 15 is 0 Å². The minimum Gasteiger partial charge on any atom is -0.481 e. The smallest absolute Gasteiger partial charge is 0.308 e. The highest BCUT2D eigenvalue weighted by Gasteiger charge is 2.47. The lowest BCUT2D eigenvalue weighted by Crippen LogP contribution is -2.30. The number of likely N-dealkylation sites (tertiary alicyclic amines) is 1. The van der Waals surface area contributed by atoms with Crippen LogP contribution in [0.4, 0.5) is 0 Å². The molecule has 1 aliphatic carbocycles. The zero-order valence-corrected chi connectivity index (χ0v) is 14.1. The molecule has 0 spiro atoms. The summed E-state index contributed by atoms with van der Waals surface area (Å²) >= 11 is 0. The number of aromatic nitrogens is 2. The number of rotatable bonds is 4. The standard InChI is InChI=1S/C19H21N3O3/c1-12-15(11-22(20-12)14-5-3-2-4-6-14)18(23)21-9-16(13-7-8-13)17(10-21)19(24)25/h2-6,11,13,16-17H,7-10H2,1H3,(H,24,25)/t16-,17+/m1/s1. The van der Waals surface area contributed by atoms with Gasteiger partial charge in [-0.05, 0) is 43.7 Å². The minimum absolute atomic E-state index is 0.0888. The first-order chi connectivity index (χ1) is 12.0. The fraction of sp³-hybridized carbons (Fsp3) is 0.421. The number of hydrogen-bond donors (Lipinski definition) is 1. The summed E-state index contributed by atoms with van der Waals surface area (Å²) in [5, 5.41) is 13.9. The molecule has 2 heterocycles. The van der Waals surface area contributed by atoms with E-state index in [-0.39, 0.29) is 11.8 Å². The van der Waals surface area contributed by atoms with Gasteiger partial charge in [-0.3, -0.25) is 9.59 Å². The monoisotopic (exact) mass is 339 g/mol. The highest BCUT2D eigenvalue weighted by atomic mass is 16.4. The van der Waals surface area contributed by atoms with E-state index in [2.05, 4.69) is 5.10 Å². The molecule has 2 aromatic rings. The van der Waals surface area contributed by atoms with Crippen LogP contribution in [-0.2, 0) is 4.79 Å². The topological polar surface area (TPSA) is 75.4 Å². The summed E-state index contributed by atoms with van der Waals surface area (Å²) in [5.41, 5.74) is 2.10. The van der Waals surface area contributed by atoms with Crippen molar-refractivity contribution in [2.45, 2.75) is 19.8 Å². The Labute approximate surface area is 146 Å². The van der Waals surface area contributed by atoms with Gasteiger partial charge in [-0.1, -0.05) is 18.2 Å². The number of carbonyl (C=O) groups is 2. The third kappa shape index (κ3) is 2.92. The number of para-hydroxylation sites is 1. The van der Waals surface area contributed by atoms with Crippen molar-refractivity contribution in [2.24, 2.45) is 17.8 Å². The maximum atomic E-state index is 12.9. The van der Waals surface area contributed by atoms with Gasteiger partial charge in [0.15, 0.2) is 0 Å². The van der Waals surface area contributed by atoms with Gasteiger partial charge in [-0.25, -0.2) is 4.68 Å². The van der Waals surface area contributed by atoms with Gasteiger partial charge in [-0.2, -0.15) is 5.10 Å². The Balaban J connectivity index is 1.57. The molecule has 130 valence electrons. The van der Waals surface area contributed by atoms with E-state index in [0.29, 0.717) is 30.3 Å². The molecule has 1 saturated heterocycles. The van der Waals surface area contributed by atoms with Crippen LogP contribution < -0.4 is 0 Å². The molecule has 1 saturated carbocycles. The van der Waals surface area contributed by atoms with E-state index in [1.165, 1.54) is 0 Å². The molecule has 4 rings (SSSR count). The summed E-state index contributed by atoms with van der Waals surface area (Å²) in [6, 6.07) is 9.64. The van der Waals surface area contributed by atoms with Crippen LogP contribution in [0, 0.1) is 24.7 Å². The average molecular weight is 339 g/mol. The van der Waals surface area contributed by atoms with Crippen LogP contribution in [0.25, 0.3) is 5.69 Å². The minimum atomic E-state index is -0.788. The number of hydrogen-bond acceptors (Lipinski definition) is 3. The zero-order chi connectivity index (χ0) is 17.6. The van der Waals surface area contributed by atoms with Crippen molar-refractivity contribution in [3.05, 3.63) is 47.8 Å². The van der Waals surface area contributed by atoms with Gasteiger partial charge >= 0.3 is 5.97 Å². The Kier molecular flexibility index (Phi) is 3.82. The maximum absolute atomic E-state index is 12.9. The number of benzene rings is 1. The number of amides is 1. The van der Waals surface area contributed by atoms with E-state index < -0.39 is 11.9 Å². The van der Waals surface area contributed by atoms with Crippen LogP contribution >= 0.6 is 0 Å². The molecular weight excluding hydrogens is 318 g/mol. The van der Waals surface area contributed by atoms with Crippen molar-refractivity contribution in [2.75, 3.05) is 13.1 Å². The first kappa shape index (κ1) is 15.9. The van der Waals surface area contributed by atoms with E-state index in [0.717, 1.165) is 18.5 Å². The molecule has 0 radical (unpaired) electrons. The predicted octanol–water partition coefficient (Wildman–Crippen LogP) is 2.36. The molecule has 0 unspecified atom stereocenters. The van der Waals surface area contributed by atoms with E-state index in [9.17, 15) is 14.7 Å². The fourth-order valence-electron chi connectivity index (χ4n) is 3.81. The molecule has 1 amide bonds. The molecule has 1 N–H and O–H groups in total. The van der Waals surface area contributed by atoms with Crippen molar-refractivity contribution in [1.82, 2.24) is 14.7 Å². The van der Waals surface area contributed by atoms with E-state index in [4.69, 9.17) is 0 Å². The summed E-state index contributed by atoms with van der Waals surface area (Å²) in [6.07, 6.45) is 3.91. The van der Waals surface area contributed by atoms with Gasteiger partial charge in [0, 0.05) is 19.3 Å². The summed E-state index contributed by atoms with van der Waals surface area (Å²) < 4.78 is 1.70. The highest BCUT2D eigenvalue weighted by Crippen LogP contribution is 2.44. The van der Waals surface area contributed by atoms with Crippen LogP contribution in [-0.4, -0.2) is 44.8 Å². The molecular formula is C19H21N3O3. The van der Waals surface area contributed by atoms with Crippen molar-refractivity contribution in [3.63, 3.8) is 0 Å². The number of carbonyl (C=O) groups excluding carboxylic acids is 1. The van der Waals surface area contributed by atoms with Crippen LogP contribution in [0.1, 0.15) is 28.9 Å². The molecule has 6 nitrogen and oxygen atoms in total. The summed E-state index contributed by atoms with van der Waals surface area (Å²) in [7, 11) is 0. The van der Waals surface area contributed by atoms with E-state index in [1.807, 2.05) is 37.3 Å². The SMILES string of the molecule is Cc1nn(-c2ccccc2)cc1C(=O)N1C[C@H](C(=O)O)[C@@H](C2CC2)C1. The van der Waals surface area contributed by atoms with Gasteiger partial charge in [0.1, 0.15) is 0 Å². The van der Waals surface area contributed by atoms with Crippen LogP contribution in [0.3, 0.4) is 0 Å². The van der Waals surface area contributed by atoms with Crippen molar-refractivity contribution >= 4 is 11.9 Å². The Hall–Kier alpha value is -2.63. The van der Waals surface area contributed by atoms with Crippen molar-refractivity contribution in [3.8, 4) is 5.69 Å². The molecule has 0 bridgehead atoms. The normalized spacial score (nSPS) is 23.0. The molecule has 1 aromatic carbocycles. The number of carboxylic acid groups (broad SMARTS) is 1. The van der Waals surface area contributed by atoms with Crippen molar-refractivity contribution in [1.29, 1.82) is 0 Å². The molecule has 6 heteroatoms. The number of carboxylic acids is 1. The molecule has 1 aromatic heterocycles. The van der Waals surface area contributed by atoms with Gasteiger partial charge < -0.3 is 10.0 Å². The Bertz CT molecular complexity index is 811. The van der Waals surface area contributed by atoms with Crippen LogP contribution in [0.15, 0.2) is 36.5 Å². The summed E-state index contributed by atoms with van der Waals surface area (Å²) in [4.78, 5) is 26.2. The molecule has 2 fully saturated rings. The molecule has 25 heavy (non-hydrogen) atoms. The van der Waals surface area contributed by atoms with Gasteiger partial charge in [0.2, 0.25) is 0 Å². The van der Waals surface area contributed by atoms with Crippen LogP contribution in [0.5, 0.6) is 0 Å². The summed E-state index contributed by atoms with van der Waals surface area (Å²) in [6.45, 7) is 2.65. The third-order valence-electron chi connectivity index (χ3n) is 5.35. The second kappa shape index (κ2) is 6.02. The van der Waals surface area contributed by atoms with Gasteiger partial charge in [0.05, 0.1) is 22.9 Å². The number of aliphatic carboxylic acids is 1. The molecule has 2 aliphatic rings. The molecule has 1 aliphatic heterocycles. The number of aryl methyl sites for hydroxylation is 1. The average Bonchev–Trinajstić information content (AvgIpc) is 3.23. The largest absolute Gasteiger partial charge is 0.481 e. The first-order valence-corrected chi connectivity index (χ1v) is 8.68. The highest BCUT2D eigenvalue weighted by molar-refractivity contribution is 5.95. The zero-order valence-electron chi connectivity index (χ0n) is 14.1.